The fraction of sp³-hybridized carbons (Fsp3) is 0.524. The number of hydrogen-bond acceptors (Lipinski definition) is 6. The van der Waals surface area contributed by atoms with E-state index < -0.39 is 0 Å². The van der Waals surface area contributed by atoms with Gasteiger partial charge in [0.2, 0.25) is 10.9 Å². The molecule has 0 aliphatic carbocycles. The van der Waals surface area contributed by atoms with Crippen LogP contribution in [0.1, 0.15) is 52.5 Å². The van der Waals surface area contributed by atoms with Crippen LogP contribution in [0, 0.1) is 6.92 Å². The normalized spacial score (nSPS) is 14.1. The lowest BCUT2D eigenvalue weighted by atomic mass is 10.2. The molecule has 7 nitrogen and oxygen atoms in total. The zero-order chi connectivity index (χ0) is 20.5. The van der Waals surface area contributed by atoms with Crippen molar-refractivity contribution in [1.29, 1.82) is 0 Å². The molecule has 1 saturated heterocycles. The molecular formula is C21H29N5O2S. The Morgan fingerprint density at radius 3 is 2.62 bits per heavy atom. The lowest BCUT2D eigenvalue weighted by Gasteiger charge is -2.14. The van der Waals surface area contributed by atoms with Gasteiger partial charge in [-0.25, -0.2) is 0 Å². The zero-order valence-corrected chi connectivity index (χ0v) is 17.8. The third kappa shape index (κ3) is 7.21. The maximum Gasteiger partial charge on any atom is 0.286 e. The molecule has 2 heterocycles. The molecule has 0 saturated carbocycles. The largest absolute Gasteiger partial charge is 0.356 e. The fourth-order valence-electron chi connectivity index (χ4n) is 3.29. The molecule has 0 atom stereocenters. The van der Waals surface area contributed by atoms with Crippen molar-refractivity contribution in [2.45, 2.75) is 45.4 Å². The van der Waals surface area contributed by atoms with E-state index >= 15 is 0 Å². The summed E-state index contributed by atoms with van der Waals surface area (Å²) >= 11 is 1.28. The van der Waals surface area contributed by atoms with Crippen LogP contribution in [0.2, 0.25) is 0 Å². The predicted molar refractivity (Wildman–Crippen MR) is 115 cm³/mol. The van der Waals surface area contributed by atoms with Crippen molar-refractivity contribution in [3.63, 3.8) is 0 Å². The van der Waals surface area contributed by atoms with Crippen molar-refractivity contribution in [1.82, 2.24) is 20.4 Å². The van der Waals surface area contributed by atoms with Gasteiger partial charge in [-0.05, 0) is 64.4 Å². The van der Waals surface area contributed by atoms with Crippen LogP contribution in [0.25, 0.3) is 0 Å². The van der Waals surface area contributed by atoms with Gasteiger partial charge >= 0.3 is 0 Å². The molecule has 2 N–H and O–H groups in total. The van der Waals surface area contributed by atoms with Gasteiger partial charge in [-0.15, -0.1) is 10.2 Å². The number of hydrogen-bond donors (Lipinski definition) is 2. The first-order valence-corrected chi connectivity index (χ1v) is 11.1. The van der Waals surface area contributed by atoms with E-state index in [2.05, 4.69) is 25.7 Å². The van der Waals surface area contributed by atoms with Crippen LogP contribution in [-0.4, -0.2) is 53.1 Å². The number of rotatable bonds is 10. The minimum Gasteiger partial charge on any atom is -0.356 e. The van der Waals surface area contributed by atoms with E-state index in [-0.39, 0.29) is 11.8 Å². The Bertz CT molecular complexity index is 800. The summed E-state index contributed by atoms with van der Waals surface area (Å²) in [6, 6.07) is 7.61. The number of aromatic nitrogens is 2. The van der Waals surface area contributed by atoms with Gasteiger partial charge in [0.05, 0.1) is 0 Å². The highest BCUT2D eigenvalue weighted by molar-refractivity contribution is 7.13. The first-order valence-electron chi connectivity index (χ1n) is 10.3. The van der Waals surface area contributed by atoms with Crippen molar-refractivity contribution in [3.05, 3.63) is 39.8 Å². The minimum absolute atomic E-state index is 0.0771. The van der Waals surface area contributed by atoms with Crippen LogP contribution in [0.4, 0.5) is 5.69 Å². The number of aryl methyl sites for hydroxylation is 2. The number of carbonyl (C=O) groups is 2. The second-order valence-corrected chi connectivity index (χ2v) is 8.49. The van der Waals surface area contributed by atoms with E-state index in [1.54, 1.807) is 0 Å². The molecule has 156 valence electrons. The smallest absolute Gasteiger partial charge is 0.286 e. The van der Waals surface area contributed by atoms with Gasteiger partial charge in [0.25, 0.3) is 5.91 Å². The van der Waals surface area contributed by atoms with Crippen LogP contribution in [0.15, 0.2) is 24.3 Å². The fourth-order valence-corrected chi connectivity index (χ4v) is 4.07. The van der Waals surface area contributed by atoms with E-state index in [1.807, 2.05) is 31.2 Å². The van der Waals surface area contributed by atoms with Crippen LogP contribution in [0.3, 0.4) is 0 Å². The monoisotopic (exact) mass is 415 g/mol. The van der Waals surface area contributed by atoms with Gasteiger partial charge in [-0.1, -0.05) is 29.0 Å². The molecule has 2 amide bonds. The zero-order valence-electron chi connectivity index (χ0n) is 16.9. The Kier molecular flexibility index (Phi) is 8.13. The predicted octanol–water partition coefficient (Wildman–Crippen LogP) is 3.02. The Hall–Kier alpha value is -2.32. The summed E-state index contributed by atoms with van der Waals surface area (Å²) in [6.07, 6.45) is 5.42. The van der Waals surface area contributed by atoms with Crippen LogP contribution in [-0.2, 0) is 11.2 Å². The summed E-state index contributed by atoms with van der Waals surface area (Å²) in [5.41, 5.74) is 1.87. The minimum atomic E-state index is -0.256. The number of nitrogens with zero attached hydrogens (tertiary/aromatic N) is 3. The van der Waals surface area contributed by atoms with Gasteiger partial charge in [0.15, 0.2) is 0 Å². The SMILES string of the molecule is Cc1ccc(NC(=O)c2nnc(CCCC(=O)NCCCN3CCCC3)s2)cc1. The number of anilines is 1. The number of likely N-dealkylation sites (tertiary alicyclic amines) is 1. The lowest BCUT2D eigenvalue weighted by molar-refractivity contribution is -0.121. The molecule has 1 aromatic heterocycles. The van der Waals surface area contributed by atoms with E-state index in [1.165, 1.54) is 37.3 Å². The highest BCUT2D eigenvalue weighted by Gasteiger charge is 2.14. The van der Waals surface area contributed by atoms with Gasteiger partial charge < -0.3 is 15.5 Å². The second-order valence-electron chi connectivity index (χ2n) is 7.43. The first kappa shape index (κ1) is 21.4. The standard InChI is InChI=1S/C21H29N5O2S/c1-16-8-10-17(11-9-16)23-20(28)21-25-24-19(29-21)7-4-6-18(27)22-12-5-15-26-13-2-3-14-26/h8-11H,2-7,12-15H2,1H3,(H,22,27)(H,23,28). The van der Waals surface area contributed by atoms with Gasteiger partial charge in [-0.2, -0.15) is 0 Å². The van der Waals surface area contributed by atoms with Crippen molar-refractivity contribution >= 4 is 28.8 Å². The molecule has 2 aromatic rings. The van der Waals surface area contributed by atoms with Crippen molar-refractivity contribution in [2.24, 2.45) is 0 Å². The highest BCUT2D eigenvalue weighted by atomic mass is 32.1. The maximum absolute atomic E-state index is 12.3. The number of amides is 2. The molecule has 1 fully saturated rings. The molecule has 0 unspecified atom stereocenters. The maximum atomic E-state index is 12.3. The van der Waals surface area contributed by atoms with Gasteiger partial charge in [0, 0.05) is 25.1 Å². The number of carbonyl (C=O) groups excluding carboxylic acids is 2. The van der Waals surface area contributed by atoms with Crippen LogP contribution < -0.4 is 10.6 Å². The molecule has 3 rings (SSSR count). The first-order chi connectivity index (χ1) is 14.1. The lowest BCUT2D eigenvalue weighted by Crippen LogP contribution is -2.28. The summed E-state index contributed by atoms with van der Waals surface area (Å²) in [7, 11) is 0. The Labute approximate surface area is 175 Å². The molecule has 0 bridgehead atoms. The van der Waals surface area contributed by atoms with E-state index in [9.17, 15) is 9.59 Å². The number of benzene rings is 1. The van der Waals surface area contributed by atoms with Crippen molar-refractivity contribution < 1.29 is 9.59 Å². The van der Waals surface area contributed by atoms with Crippen molar-refractivity contribution in [3.8, 4) is 0 Å². The second kappa shape index (κ2) is 11.0. The van der Waals surface area contributed by atoms with E-state index in [0.29, 0.717) is 24.3 Å². The molecule has 0 spiro atoms. The summed E-state index contributed by atoms with van der Waals surface area (Å²) in [6.45, 7) is 6.19. The third-order valence-electron chi connectivity index (χ3n) is 4.94. The molecule has 1 aliphatic heterocycles. The average Bonchev–Trinajstić information content (AvgIpc) is 3.39. The molecule has 1 aliphatic rings. The quantitative estimate of drug-likeness (QED) is 0.583. The van der Waals surface area contributed by atoms with E-state index in [4.69, 9.17) is 0 Å². The summed E-state index contributed by atoms with van der Waals surface area (Å²) < 4.78 is 0. The highest BCUT2D eigenvalue weighted by Crippen LogP contribution is 2.15. The van der Waals surface area contributed by atoms with Gasteiger partial charge in [-0.3, -0.25) is 9.59 Å². The number of nitrogens with one attached hydrogen (secondary N) is 2. The Morgan fingerprint density at radius 1 is 1.10 bits per heavy atom. The molecule has 1 aromatic carbocycles. The molecular weight excluding hydrogens is 386 g/mol. The van der Waals surface area contributed by atoms with Crippen LogP contribution in [0.5, 0.6) is 0 Å². The third-order valence-corrected chi connectivity index (χ3v) is 5.92. The Morgan fingerprint density at radius 2 is 1.86 bits per heavy atom. The molecule has 29 heavy (non-hydrogen) atoms. The average molecular weight is 416 g/mol. The van der Waals surface area contributed by atoms with Crippen molar-refractivity contribution in [2.75, 3.05) is 31.5 Å². The summed E-state index contributed by atoms with van der Waals surface area (Å²) in [5.74, 6) is -0.179. The molecule has 0 radical (unpaired) electrons. The van der Waals surface area contributed by atoms with E-state index in [0.717, 1.165) is 35.8 Å². The molecule has 8 heteroatoms. The van der Waals surface area contributed by atoms with Gasteiger partial charge in [0.1, 0.15) is 5.01 Å². The summed E-state index contributed by atoms with van der Waals surface area (Å²) in [5, 5.41) is 15.0. The Balaban J connectivity index is 1.31. The van der Waals surface area contributed by atoms with Crippen LogP contribution >= 0.6 is 11.3 Å². The topological polar surface area (TPSA) is 87.2 Å². The summed E-state index contributed by atoms with van der Waals surface area (Å²) in [4.78, 5) is 26.7.